The van der Waals surface area contributed by atoms with Gasteiger partial charge in [0, 0.05) is 23.6 Å². The minimum absolute atomic E-state index is 0.298. The van der Waals surface area contributed by atoms with Crippen molar-refractivity contribution in [1.82, 2.24) is 4.98 Å². The first-order chi connectivity index (χ1) is 16.2. The molecule has 0 saturated carbocycles. The average Bonchev–Trinajstić information content (AvgIpc) is 3.21. The average molecular weight is 504 g/mol. The van der Waals surface area contributed by atoms with Crippen molar-refractivity contribution < 1.29 is 29.3 Å². The molecule has 0 saturated heterocycles. The highest BCUT2D eigenvalue weighted by molar-refractivity contribution is 7.09. The predicted molar refractivity (Wildman–Crippen MR) is 137 cm³/mol. The number of aliphatic hydroxyl groups is 2. The van der Waals surface area contributed by atoms with Crippen molar-refractivity contribution >= 4 is 34.9 Å². The van der Waals surface area contributed by atoms with Crippen LogP contribution < -0.4 is 0 Å². The van der Waals surface area contributed by atoms with Gasteiger partial charge in [0.25, 0.3) is 0 Å². The summed E-state index contributed by atoms with van der Waals surface area (Å²) in [5.41, 5.74) is 1.01. The molecule has 0 amide bonds. The van der Waals surface area contributed by atoms with Gasteiger partial charge in [-0.05, 0) is 38.5 Å². The number of hydrogen-bond donors (Lipinski definition) is 2. The third-order valence-corrected chi connectivity index (χ3v) is 7.47. The highest BCUT2D eigenvalue weighted by Gasteiger charge is 2.43. The zero-order chi connectivity index (χ0) is 26.5. The van der Waals surface area contributed by atoms with Gasteiger partial charge in [-0.15, -0.1) is 11.3 Å². The van der Waals surface area contributed by atoms with Crippen LogP contribution >= 0.6 is 11.3 Å². The van der Waals surface area contributed by atoms with Gasteiger partial charge in [0.2, 0.25) is 0 Å². The zero-order valence-electron chi connectivity index (χ0n) is 21.6. The van der Waals surface area contributed by atoms with Crippen molar-refractivity contribution in [2.45, 2.75) is 79.6 Å². The van der Waals surface area contributed by atoms with Crippen LogP contribution in [0.15, 0.2) is 34.8 Å². The van der Waals surface area contributed by atoms with Crippen LogP contribution in [0.2, 0.25) is 0 Å². The van der Waals surface area contributed by atoms with Gasteiger partial charge in [-0.3, -0.25) is 14.4 Å². The monoisotopic (exact) mass is 503 g/mol. The van der Waals surface area contributed by atoms with Crippen LogP contribution in [-0.2, 0) is 19.1 Å². The number of nitrogens with zero attached hydrogens (tertiary/aromatic N) is 1. The van der Waals surface area contributed by atoms with Gasteiger partial charge in [-0.2, -0.15) is 0 Å². The number of carbonyl (C=O) groups excluding carboxylic acids is 3. The van der Waals surface area contributed by atoms with Gasteiger partial charge in [0.05, 0.1) is 34.7 Å². The molecule has 1 aromatic heterocycles. The van der Waals surface area contributed by atoms with Crippen LogP contribution in [0.1, 0.15) is 65.1 Å². The van der Waals surface area contributed by atoms with Gasteiger partial charge in [-0.25, -0.2) is 4.98 Å². The highest BCUT2D eigenvalue weighted by atomic mass is 32.1. The SMILES string of the molecule is CC1=CC[C@@H](/C(C)=C/c2csc(C)n2)OC(=O)C[C@H](O)C(C)(C)C(=O)[C@H](C)[C@@H](O)[C@@H](C)C(=O)C=C1. The number of hydrogen-bond acceptors (Lipinski definition) is 8. The largest absolute Gasteiger partial charge is 0.457 e. The summed E-state index contributed by atoms with van der Waals surface area (Å²) in [7, 11) is 0. The third kappa shape index (κ3) is 7.53. The molecule has 0 aromatic carbocycles. The molecule has 0 aliphatic carbocycles. The van der Waals surface area contributed by atoms with Crippen molar-refractivity contribution in [1.29, 1.82) is 0 Å². The molecule has 0 spiro atoms. The molecule has 0 radical (unpaired) electrons. The van der Waals surface area contributed by atoms with Gasteiger partial charge in [0.1, 0.15) is 11.9 Å². The van der Waals surface area contributed by atoms with Crippen molar-refractivity contribution in [2.24, 2.45) is 17.3 Å². The normalized spacial score (nSPS) is 29.6. The Morgan fingerprint density at radius 1 is 1.14 bits per heavy atom. The van der Waals surface area contributed by atoms with Gasteiger partial charge in [-0.1, -0.05) is 45.4 Å². The van der Waals surface area contributed by atoms with E-state index in [4.69, 9.17) is 4.74 Å². The predicted octanol–water partition coefficient (Wildman–Crippen LogP) is 4.22. The lowest BCUT2D eigenvalue weighted by Crippen LogP contribution is -2.46. The van der Waals surface area contributed by atoms with E-state index in [2.05, 4.69) is 4.98 Å². The summed E-state index contributed by atoms with van der Waals surface area (Å²) in [6.45, 7) is 11.8. The molecule has 1 aliphatic heterocycles. The van der Waals surface area contributed by atoms with Crippen LogP contribution in [0, 0.1) is 24.2 Å². The van der Waals surface area contributed by atoms with E-state index < -0.39 is 47.3 Å². The topological polar surface area (TPSA) is 114 Å². The summed E-state index contributed by atoms with van der Waals surface area (Å²) in [6.07, 6.45) is 3.60. The molecule has 192 valence electrons. The van der Waals surface area contributed by atoms with E-state index in [1.165, 1.54) is 38.2 Å². The summed E-state index contributed by atoms with van der Waals surface area (Å²) in [5, 5.41) is 24.3. The fourth-order valence-electron chi connectivity index (χ4n) is 3.95. The number of ether oxygens (including phenoxy) is 1. The Morgan fingerprint density at radius 2 is 1.80 bits per heavy atom. The Bertz CT molecular complexity index is 1030. The summed E-state index contributed by atoms with van der Waals surface area (Å²) in [5.74, 6) is -3.07. The molecule has 1 aromatic rings. The second-order valence-electron chi connectivity index (χ2n) is 9.95. The van der Waals surface area contributed by atoms with Crippen molar-refractivity contribution in [3.8, 4) is 0 Å². The van der Waals surface area contributed by atoms with Crippen LogP contribution in [0.25, 0.3) is 6.08 Å². The fraction of sp³-hybridized carbons (Fsp3) is 0.556. The number of aromatic nitrogens is 1. The quantitative estimate of drug-likeness (QED) is 0.581. The molecule has 35 heavy (non-hydrogen) atoms. The lowest BCUT2D eigenvalue weighted by molar-refractivity contribution is -0.154. The molecular weight excluding hydrogens is 466 g/mol. The summed E-state index contributed by atoms with van der Waals surface area (Å²) >= 11 is 1.52. The maximum absolute atomic E-state index is 13.1. The molecule has 5 atom stereocenters. The van der Waals surface area contributed by atoms with Crippen LogP contribution in [-0.4, -0.2) is 51.0 Å². The first-order valence-corrected chi connectivity index (χ1v) is 12.7. The Kier molecular flexibility index (Phi) is 9.89. The summed E-state index contributed by atoms with van der Waals surface area (Å²) in [4.78, 5) is 43.0. The molecule has 2 rings (SSSR count). The number of cyclic esters (lactones) is 1. The van der Waals surface area contributed by atoms with Crippen molar-refractivity contribution in [3.05, 3.63) is 45.5 Å². The third-order valence-electron chi connectivity index (χ3n) is 6.67. The Hall–Kier alpha value is -2.42. The number of rotatable bonds is 2. The summed E-state index contributed by atoms with van der Waals surface area (Å²) in [6, 6.07) is 0. The zero-order valence-corrected chi connectivity index (χ0v) is 22.4. The van der Waals surface area contributed by atoms with E-state index in [1.807, 2.05) is 38.3 Å². The molecule has 7 nitrogen and oxygen atoms in total. The minimum atomic E-state index is -1.33. The maximum Gasteiger partial charge on any atom is 0.309 e. The number of carbonyl (C=O) groups is 3. The van der Waals surface area contributed by atoms with Crippen LogP contribution in [0.4, 0.5) is 0 Å². The first kappa shape index (κ1) is 28.8. The molecule has 0 bridgehead atoms. The molecule has 2 heterocycles. The fourth-order valence-corrected chi connectivity index (χ4v) is 4.52. The van der Waals surface area contributed by atoms with E-state index >= 15 is 0 Å². The number of thiazole rings is 1. The number of allylic oxidation sites excluding steroid dienone is 3. The Labute approximate surface area is 211 Å². The number of Topliss-reactive ketones (excluding diaryl/α,β-unsaturated/α-hetero) is 1. The molecular formula is C27H37NO6S. The lowest BCUT2D eigenvalue weighted by atomic mass is 9.73. The van der Waals surface area contributed by atoms with E-state index in [-0.39, 0.29) is 12.2 Å². The van der Waals surface area contributed by atoms with E-state index in [0.29, 0.717) is 6.42 Å². The van der Waals surface area contributed by atoms with Gasteiger partial charge < -0.3 is 14.9 Å². The van der Waals surface area contributed by atoms with Crippen LogP contribution in [0.5, 0.6) is 0 Å². The smallest absolute Gasteiger partial charge is 0.309 e. The summed E-state index contributed by atoms with van der Waals surface area (Å²) < 4.78 is 5.74. The maximum atomic E-state index is 13.1. The Balaban J connectivity index is 2.43. The molecule has 0 fully saturated rings. The molecule has 0 unspecified atom stereocenters. The van der Waals surface area contributed by atoms with Gasteiger partial charge >= 0.3 is 5.97 Å². The number of aryl methyl sites for hydroxylation is 1. The number of esters is 1. The van der Waals surface area contributed by atoms with Crippen molar-refractivity contribution in [3.63, 3.8) is 0 Å². The first-order valence-electron chi connectivity index (χ1n) is 11.8. The lowest BCUT2D eigenvalue weighted by Gasteiger charge is -2.34. The number of ketones is 2. The van der Waals surface area contributed by atoms with Crippen molar-refractivity contribution in [2.75, 3.05) is 0 Å². The van der Waals surface area contributed by atoms with Gasteiger partial charge in [0.15, 0.2) is 5.78 Å². The van der Waals surface area contributed by atoms with Crippen LogP contribution in [0.3, 0.4) is 0 Å². The molecule has 1 aliphatic rings. The highest BCUT2D eigenvalue weighted by Crippen LogP contribution is 2.31. The van der Waals surface area contributed by atoms with E-state index in [1.54, 1.807) is 13.0 Å². The molecule has 2 N–H and O–H groups in total. The standard InChI is InChI=1S/C27H37NO6S/c1-15-8-10-21(29)17(3)25(32)18(4)26(33)27(6,7)23(30)13-24(31)34-22(11-9-15)16(2)12-20-14-35-19(5)28-20/h8-10,12,14,17-18,22-23,25,30,32H,11,13H2,1-7H3/b10-8?,15-9?,16-12+/t17-,18+,22-,23-,25-/m0/s1. The van der Waals surface area contributed by atoms with E-state index in [0.717, 1.165) is 21.8 Å². The second kappa shape index (κ2) is 12.0. The molecule has 8 heteroatoms. The Morgan fingerprint density at radius 3 is 2.40 bits per heavy atom. The number of aliphatic hydroxyl groups excluding tert-OH is 2. The second-order valence-corrected chi connectivity index (χ2v) is 11.0. The van der Waals surface area contributed by atoms with E-state index in [9.17, 15) is 24.6 Å². The minimum Gasteiger partial charge on any atom is -0.457 e.